The second kappa shape index (κ2) is 5.09. The number of fused-ring (bicyclic) bond motifs is 3. The van der Waals surface area contributed by atoms with Crippen molar-refractivity contribution in [1.82, 2.24) is 20.0 Å². The Labute approximate surface area is 130 Å². The SMILES string of the molecule is CN1[C@@H]2CC[C@H]1CC(NC(=O)c1c3ccccc3nn1C)C2. The zero-order valence-corrected chi connectivity index (χ0v) is 13.1. The van der Waals surface area contributed by atoms with Crippen LogP contribution in [0.25, 0.3) is 10.9 Å². The molecular formula is C17H22N4O. The Morgan fingerprint density at radius 3 is 2.59 bits per heavy atom. The van der Waals surface area contributed by atoms with Crippen LogP contribution in [-0.4, -0.2) is 45.8 Å². The molecule has 5 heteroatoms. The quantitative estimate of drug-likeness (QED) is 0.921. The number of nitrogens with zero attached hydrogens (tertiary/aromatic N) is 3. The lowest BCUT2D eigenvalue weighted by Gasteiger charge is -2.36. The molecule has 2 aliphatic rings. The predicted octanol–water partition coefficient (Wildman–Crippen LogP) is 1.93. The number of benzene rings is 1. The van der Waals surface area contributed by atoms with E-state index in [-0.39, 0.29) is 11.9 Å². The van der Waals surface area contributed by atoms with Crippen LogP contribution < -0.4 is 5.32 Å². The van der Waals surface area contributed by atoms with Gasteiger partial charge in [0.2, 0.25) is 0 Å². The lowest BCUT2D eigenvalue weighted by atomic mass is 9.98. The minimum absolute atomic E-state index is 0.00477. The Morgan fingerprint density at radius 2 is 1.86 bits per heavy atom. The molecular weight excluding hydrogens is 276 g/mol. The van der Waals surface area contributed by atoms with Crippen molar-refractivity contribution in [3.05, 3.63) is 30.0 Å². The van der Waals surface area contributed by atoms with Gasteiger partial charge in [-0.2, -0.15) is 5.10 Å². The van der Waals surface area contributed by atoms with E-state index in [0.717, 1.165) is 23.7 Å². The molecule has 0 saturated carbocycles. The maximum atomic E-state index is 12.7. The number of carbonyl (C=O) groups is 1. The van der Waals surface area contributed by atoms with Crippen LogP contribution >= 0.6 is 0 Å². The van der Waals surface area contributed by atoms with Gasteiger partial charge in [-0.1, -0.05) is 18.2 Å². The summed E-state index contributed by atoms with van der Waals surface area (Å²) in [6.07, 6.45) is 4.66. The van der Waals surface area contributed by atoms with Crippen molar-refractivity contribution in [2.45, 2.75) is 43.8 Å². The monoisotopic (exact) mass is 298 g/mol. The summed E-state index contributed by atoms with van der Waals surface area (Å²) in [4.78, 5) is 15.2. The van der Waals surface area contributed by atoms with Crippen LogP contribution in [-0.2, 0) is 7.05 Å². The van der Waals surface area contributed by atoms with Gasteiger partial charge in [-0.05, 0) is 38.8 Å². The minimum atomic E-state index is 0.00477. The number of aryl methyl sites for hydroxylation is 1. The first kappa shape index (κ1) is 13.8. The molecule has 1 aromatic carbocycles. The number of hydrogen-bond donors (Lipinski definition) is 1. The largest absolute Gasteiger partial charge is 0.348 e. The molecule has 2 bridgehead atoms. The Balaban J connectivity index is 1.56. The fraction of sp³-hybridized carbons (Fsp3) is 0.529. The molecule has 2 aliphatic heterocycles. The van der Waals surface area contributed by atoms with E-state index in [1.54, 1.807) is 4.68 Å². The van der Waals surface area contributed by atoms with Crippen molar-refractivity contribution in [2.75, 3.05) is 7.05 Å². The number of hydrogen-bond acceptors (Lipinski definition) is 3. The molecule has 22 heavy (non-hydrogen) atoms. The van der Waals surface area contributed by atoms with Crippen LogP contribution in [0.3, 0.4) is 0 Å². The molecule has 3 heterocycles. The summed E-state index contributed by atoms with van der Waals surface area (Å²) in [6.45, 7) is 0. The van der Waals surface area contributed by atoms with Gasteiger partial charge in [0.05, 0.1) is 5.52 Å². The van der Waals surface area contributed by atoms with Crippen LogP contribution in [0.5, 0.6) is 0 Å². The van der Waals surface area contributed by atoms with Crippen molar-refractivity contribution in [3.8, 4) is 0 Å². The number of piperidine rings is 1. The van der Waals surface area contributed by atoms with Crippen molar-refractivity contribution in [3.63, 3.8) is 0 Å². The zero-order chi connectivity index (χ0) is 15.3. The van der Waals surface area contributed by atoms with Gasteiger partial charge < -0.3 is 10.2 Å². The summed E-state index contributed by atoms with van der Waals surface area (Å²) in [5.74, 6) is 0.00477. The zero-order valence-electron chi connectivity index (χ0n) is 13.1. The average molecular weight is 298 g/mol. The summed E-state index contributed by atoms with van der Waals surface area (Å²) in [7, 11) is 4.06. The van der Waals surface area contributed by atoms with Crippen LogP contribution in [0.4, 0.5) is 0 Å². The van der Waals surface area contributed by atoms with Gasteiger partial charge in [-0.25, -0.2) is 0 Å². The Morgan fingerprint density at radius 1 is 1.18 bits per heavy atom. The van der Waals surface area contributed by atoms with Crippen molar-refractivity contribution in [1.29, 1.82) is 0 Å². The lowest BCUT2D eigenvalue weighted by Crippen LogP contribution is -2.49. The number of carbonyl (C=O) groups excluding carboxylic acids is 1. The highest BCUT2D eigenvalue weighted by Gasteiger charge is 2.39. The summed E-state index contributed by atoms with van der Waals surface area (Å²) < 4.78 is 1.70. The van der Waals surface area contributed by atoms with Crippen molar-refractivity contribution in [2.24, 2.45) is 7.05 Å². The Kier molecular flexibility index (Phi) is 3.18. The summed E-state index contributed by atoms with van der Waals surface area (Å²) in [6, 6.07) is 9.37. The predicted molar refractivity (Wildman–Crippen MR) is 85.8 cm³/mol. The first-order chi connectivity index (χ1) is 10.6. The molecule has 1 unspecified atom stereocenters. The van der Waals surface area contributed by atoms with Crippen LogP contribution in [0.2, 0.25) is 0 Å². The number of nitrogens with one attached hydrogen (secondary N) is 1. The van der Waals surface area contributed by atoms with Crippen LogP contribution in [0, 0.1) is 0 Å². The molecule has 0 spiro atoms. The van der Waals surface area contributed by atoms with Gasteiger partial charge in [0, 0.05) is 30.6 Å². The molecule has 3 atom stereocenters. The van der Waals surface area contributed by atoms with Gasteiger partial charge in [0.15, 0.2) is 0 Å². The average Bonchev–Trinajstić information content (AvgIpc) is 2.90. The fourth-order valence-corrected chi connectivity index (χ4v) is 4.20. The smallest absolute Gasteiger partial charge is 0.270 e. The lowest BCUT2D eigenvalue weighted by molar-refractivity contribution is 0.0875. The maximum Gasteiger partial charge on any atom is 0.270 e. The highest BCUT2D eigenvalue weighted by molar-refractivity contribution is 6.05. The topological polar surface area (TPSA) is 50.2 Å². The molecule has 4 rings (SSSR count). The highest BCUT2D eigenvalue weighted by Crippen LogP contribution is 2.34. The van der Waals surface area contributed by atoms with E-state index in [0.29, 0.717) is 17.8 Å². The van der Waals surface area contributed by atoms with Gasteiger partial charge in [0.25, 0.3) is 5.91 Å². The third-order valence-corrected chi connectivity index (χ3v) is 5.39. The molecule has 1 aromatic heterocycles. The van der Waals surface area contributed by atoms with E-state index < -0.39 is 0 Å². The first-order valence-electron chi connectivity index (χ1n) is 8.08. The van der Waals surface area contributed by atoms with E-state index in [2.05, 4.69) is 22.4 Å². The van der Waals surface area contributed by atoms with Crippen molar-refractivity contribution >= 4 is 16.8 Å². The van der Waals surface area contributed by atoms with Gasteiger partial charge in [-0.15, -0.1) is 0 Å². The van der Waals surface area contributed by atoms with Crippen LogP contribution in [0.15, 0.2) is 24.3 Å². The molecule has 1 amide bonds. The van der Waals surface area contributed by atoms with Crippen molar-refractivity contribution < 1.29 is 4.79 Å². The Bertz CT molecular complexity index is 709. The molecule has 116 valence electrons. The summed E-state index contributed by atoms with van der Waals surface area (Å²) in [5.41, 5.74) is 1.54. The summed E-state index contributed by atoms with van der Waals surface area (Å²) in [5, 5.41) is 8.61. The number of amides is 1. The number of rotatable bonds is 2. The molecule has 1 N–H and O–H groups in total. The maximum absolute atomic E-state index is 12.7. The van der Waals surface area contributed by atoms with Crippen LogP contribution in [0.1, 0.15) is 36.2 Å². The Hall–Kier alpha value is -1.88. The van der Waals surface area contributed by atoms with Gasteiger partial charge >= 0.3 is 0 Å². The minimum Gasteiger partial charge on any atom is -0.348 e. The molecule has 0 radical (unpaired) electrons. The van der Waals surface area contributed by atoms with E-state index in [1.165, 1.54) is 12.8 Å². The fourth-order valence-electron chi connectivity index (χ4n) is 4.20. The third kappa shape index (κ3) is 2.11. The van der Waals surface area contributed by atoms with E-state index >= 15 is 0 Å². The standard InChI is InChI=1S/C17H22N4O/c1-20-12-7-8-13(20)10-11(9-12)18-17(22)16-14-5-3-4-6-15(14)19-21(16)2/h3-6,11-13H,7-10H2,1-2H3,(H,18,22)/t11?,12-,13+. The molecule has 2 saturated heterocycles. The number of aromatic nitrogens is 2. The normalized spacial score (nSPS) is 28.2. The third-order valence-electron chi connectivity index (χ3n) is 5.39. The molecule has 2 fully saturated rings. The van der Waals surface area contributed by atoms with Gasteiger partial charge in [-0.3, -0.25) is 9.48 Å². The molecule has 2 aromatic rings. The van der Waals surface area contributed by atoms with Gasteiger partial charge in [0.1, 0.15) is 5.69 Å². The van der Waals surface area contributed by atoms with E-state index in [9.17, 15) is 4.79 Å². The molecule has 0 aliphatic carbocycles. The van der Waals surface area contributed by atoms with E-state index in [1.807, 2.05) is 31.3 Å². The summed E-state index contributed by atoms with van der Waals surface area (Å²) >= 11 is 0. The highest BCUT2D eigenvalue weighted by atomic mass is 16.2. The molecule has 5 nitrogen and oxygen atoms in total. The first-order valence-corrected chi connectivity index (χ1v) is 8.08. The van der Waals surface area contributed by atoms with E-state index in [4.69, 9.17) is 0 Å². The second-order valence-corrected chi connectivity index (χ2v) is 6.68. The second-order valence-electron chi connectivity index (χ2n) is 6.68.